The zero-order chi connectivity index (χ0) is 11.0. The van der Waals surface area contributed by atoms with E-state index in [1.807, 2.05) is 13.1 Å². The van der Waals surface area contributed by atoms with E-state index in [9.17, 15) is 4.39 Å². The predicted molar refractivity (Wildman–Crippen MR) is 62.1 cm³/mol. The quantitative estimate of drug-likeness (QED) is 0.705. The van der Waals surface area contributed by atoms with E-state index in [1.54, 1.807) is 13.0 Å². The molecule has 1 aromatic rings. The van der Waals surface area contributed by atoms with Crippen molar-refractivity contribution >= 4 is 11.4 Å². The number of hydrogen-bond acceptors (Lipinski definition) is 2. The summed E-state index contributed by atoms with van der Waals surface area (Å²) < 4.78 is 13.5. The highest BCUT2D eigenvalue weighted by atomic mass is 19.1. The average molecular weight is 208 g/mol. The molecule has 0 aromatic heterocycles. The number of nitrogens with zero attached hydrogens (tertiary/aromatic N) is 1. The highest BCUT2D eigenvalue weighted by Gasteiger charge is 2.18. The second kappa shape index (κ2) is 3.72. The topological polar surface area (TPSA) is 15.3 Å². The molecule has 82 valence electrons. The Kier molecular flexibility index (Phi) is 2.55. The van der Waals surface area contributed by atoms with Crippen molar-refractivity contribution < 1.29 is 4.39 Å². The van der Waals surface area contributed by atoms with Gasteiger partial charge in [-0.3, -0.25) is 0 Å². The molecule has 0 saturated heterocycles. The molecular formula is C12H17FN2. The molecule has 1 N–H and O–H groups in total. The van der Waals surface area contributed by atoms with Crippen LogP contribution in [-0.4, -0.2) is 19.6 Å². The molecule has 0 spiro atoms. The summed E-state index contributed by atoms with van der Waals surface area (Å²) in [6, 6.07) is 3.96. The van der Waals surface area contributed by atoms with Gasteiger partial charge in [-0.15, -0.1) is 0 Å². The Morgan fingerprint density at radius 1 is 1.47 bits per heavy atom. The molecule has 1 aromatic carbocycles. The van der Waals surface area contributed by atoms with Gasteiger partial charge in [0.1, 0.15) is 5.82 Å². The van der Waals surface area contributed by atoms with Crippen LogP contribution in [-0.2, 0) is 0 Å². The molecule has 0 aliphatic carbocycles. The fraction of sp³-hybridized carbons (Fsp3) is 0.500. The van der Waals surface area contributed by atoms with Crippen LogP contribution in [0.5, 0.6) is 0 Å². The van der Waals surface area contributed by atoms with E-state index in [0.29, 0.717) is 11.6 Å². The Balaban J connectivity index is 2.49. The second-order valence-corrected chi connectivity index (χ2v) is 4.29. The van der Waals surface area contributed by atoms with Gasteiger partial charge in [0.15, 0.2) is 0 Å². The van der Waals surface area contributed by atoms with Crippen molar-refractivity contribution in [3.63, 3.8) is 0 Å². The minimum Gasteiger partial charge on any atom is -0.383 e. The van der Waals surface area contributed by atoms with Crippen LogP contribution in [0.1, 0.15) is 18.9 Å². The van der Waals surface area contributed by atoms with Gasteiger partial charge in [-0.1, -0.05) is 0 Å². The molecule has 3 heteroatoms. The van der Waals surface area contributed by atoms with Crippen LogP contribution in [0.4, 0.5) is 15.8 Å². The van der Waals surface area contributed by atoms with Crippen LogP contribution in [0.2, 0.25) is 0 Å². The summed E-state index contributed by atoms with van der Waals surface area (Å²) in [5, 5.41) is 3.35. The SMILES string of the molecule is Cc1cc2c(cc1F)N(C)C(C)CCN2. The van der Waals surface area contributed by atoms with E-state index in [4.69, 9.17) is 0 Å². The van der Waals surface area contributed by atoms with E-state index in [-0.39, 0.29) is 5.82 Å². The molecule has 2 nitrogen and oxygen atoms in total. The Bertz CT molecular complexity index is 376. The van der Waals surface area contributed by atoms with Gasteiger partial charge >= 0.3 is 0 Å². The minimum atomic E-state index is -0.128. The first-order valence-corrected chi connectivity index (χ1v) is 5.36. The fourth-order valence-corrected chi connectivity index (χ4v) is 1.95. The molecule has 0 amide bonds. The average Bonchev–Trinajstić information content (AvgIpc) is 2.32. The first-order valence-electron chi connectivity index (χ1n) is 5.36. The molecule has 1 aliphatic rings. The summed E-state index contributed by atoms with van der Waals surface area (Å²) in [7, 11) is 2.02. The Morgan fingerprint density at radius 3 is 2.93 bits per heavy atom. The van der Waals surface area contributed by atoms with Crippen LogP contribution in [0.15, 0.2) is 12.1 Å². The van der Waals surface area contributed by atoms with E-state index < -0.39 is 0 Å². The first kappa shape index (κ1) is 10.3. The maximum atomic E-state index is 13.5. The number of benzene rings is 1. The maximum absolute atomic E-state index is 13.5. The van der Waals surface area contributed by atoms with Gasteiger partial charge in [-0.2, -0.15) is 0 Å². The zero-order valence-electron chi connectivity index (χ0n) is 9.47. The summed E-state index contributed by atoms with van der Waals surface area (Å²) >= 11 is 0. The Hall–Kier alpha value is -1.25. The van der Waals surface area contributed by atoms with Gasteiger partial charge in [-0.25, -0.2) is 4.39 Å². The first-order chi connectivity index (χ1) is 7.09. The molecule has 1 atom stereocenters. The van der Waals surface area contributed by atoms with E-state index in [1.165, 1.54) is 0 Å². The second-order valence-electron chi connectivity index (χ2n) is 4.29. The minimum absolute atomic E-state index is 0.128. The number of aryl methyl sites for hydroxylation is 1. The van der Waals surface area contributed by atoms with Crippen molar-refractivity contribution in [2.24, 2.45) is 0 Å². The molecule has 1 heterocycles. The van der Waals surface area contributed by atoms with Crippen LogP contribution in [0, 0.1) is 12.7 Å². The Labute approximate surface area is 90.1 Å². The summed E-state index contributed by atoms with van der Waals surface area (Å²) in [6.07, 6.45) is 1.08. The van der Waals surface area contributed by atoms with Gasteiger partial charge in [0.2, 0.25) is 0 Å². The normalized spacial score (nSPS) is 20.5. The van der Waals surface area contributed by atoms with Crippen molar-refractivity contribution in [2.45, 2.75) is 26.3 Å². The number of halogens is 1. The third-order valence-corrected chi connectivity index (χ3v) is 3.20. The van der Waals surface area contributed by atoms with E-state index >= 15 is 0 Å². The molecule has 0 bridgehead atoms. The molecule has 1 aliphatic heterocycles. The lowest BCUT2D eigenvalue weighted by molar-refractivity contribution is 0.615. The lowest BCUT2D eigenvalue weighted by Crippen LogP contribution is -2.28. The summed E-state index contributed by atoms with van der Waals surface area (Å²) in [5.74, 6) is -0.128. The van der Waals surface area contributed by atoms with Crippen molar-refractivity contribution in [3.8, 4) is 0 Å². The smallest absolute Gasteiger partial charge is 0.128 e. The number of fused-ring (bicyclic) bond motifs is 1. The van der Waals surface area contributed by atoms with E-state index in [2.05, 4.69) is 17.1 Å². The van der Waals surface area contributed by atoms with Crippen molar-refractivity contribution in [1.29, 1.82) is 0 Å². The standard InChI is InChI=1S/C12H17FN2/c1-8-6-11-12(7-10(8)13)15(3)9(2)4-5-14-11/h6-7,9,14H,4-5H2,1-3H3. The molecule has 1 unspecified atom stereocenters. The largest absolute Gasteiger partial charge is 0.383 e. The third kappa shape index (κ3) is 1.78. The molecule has 15 heavy (non-hydrogen) atoms. The third-order valence-electron chi connectivity index (χ3n) is 3.20. The number of hydrogen-bond donors (Lipinski definition) is 1. The van der Waals surface area contributed by atoms with Crippen LogP contribution >= 0.6 is 0 Å². The number of rotatable bonds is 0. The zero-order valence-corrected chi connectivity index (χ0v) is 9.47. The number of anilines is 2. The molecule has 0 radical (unpaired) electrons. The highest BCUT2D eigenvalue weighted by Crippen LogP contribution is 2.31. The van der Waals surface area contributed by atoms with E-state index in [0.717, 1.165) is 24.3 Å². The molecule has 0 saturated carbocycles. The fourth-order valence-electron chi connectivity index (χ4n) is 1.95. The van der Waals surface area contributed by atoms with Crippen LogP contribution < -0.4 is 10.2 Å². The highest BCUT2D eigenvalue weighted by molar-refractivity contribution is 5.72. The summed E-state index contributed by atoms with van der Waals surface area (Å²) in [6.45, 7) is 4.91. The van der Waals surface area contributed by atoms with Gasteiger partial charge in [-0.05, 0) is 38.0 Å². The van der Waals surface area contributed by atoms with Gasteiger partial charge in [0, 0.05) is 19.6 Å². The van der Waals surface area contributed by atoms with Gasteiger partial charge in [0.05, 0.1) is 11.4 Å². The predicted octanol–water partition coefficient (Wildman–Crippen LogP) is 2.77. The van der Waals surface area contributed by atoms with Crippen molar-refractivity contribution in [1.82, 2.24) is 0 Å². The molecule has 0 fully saturated rings. The maximum Gasteiger partial charge on any atom is 0.128 e. The lowest BCUT2D eigenvalue weighted by Gasteiger charge is -2.25. The Morgan fingerprint density at radius 2 is 2.20 bits per heavy atom. The monoisotopic (exact) mass is 208 g/mol. The van der Waals surface area contributed by atoms with Crippen LogP contribution in [0.25, 0.3) is 0 Å². The lowest BCUT2D eigenvalue weighted by atomic mass is 10.1. The van der Waals surface area contributed by atoms with Gasteiger partial charge < -0.3 is 10.2 Å². The number of nitrogens with one attached hydrogen (secondary N) is 1. The summed E-state index contributed by atoms with van der Waals surface area (Å²) in [4.78, 5) is 2.14. The molecule has 2 rings (SSSR count). The van der Waals surface area contributed by atoms with Gasteiger partial charge in [0.25, 0.3) is 0 Å². The van der Waals surface area contributed by atoms with Crippen molar-refractivity contribution in [3.05, 3.63) is 23.5 Å². The van der Waals surface area contributed by atoms with Crippen LogP contribution in [0.3, 0.4) is 0 Å². The summed E-state index contributed by atoms with van der Waals surface area (Å²) in [5.41, 5.74) is 2.70. The van der Waals surface area contributed by atoms with Crippen molar-refractivity contribution in [2.75, 3.05) is 23.8 Å². The molecular weight excluding hydrogens is 191 g/mol.